The van der Waals surface area contributed by atoms with Gasteiger partial charge in [0.05, 0.1) is 6.54 Å². The van der Waals surface area contributed by atoms with E-state index in [1.165, 1.54) is 18.4 Å². The van der Waals surface area contributed by atoms with Crippen LogP contribution in [-0.4, -0.2) is 36.0 Å². The molecule has 1 atom stereocenters. The number of hydrogen-bond acceptors (Lipinski definition) is 3. The summed E-state index contributed by atoms with van der Waals surface area (Å²) in [6, 6.07) is 10.0. The van der Waals surface area contributed by atoms with Crippen molar-refractivity contribution in [2.45, 2.75) is 39.3 Å². The molecular weight excluding hydrogens is 278 g/mol. The van der Waals surface area contributed by atoms with Gasteiger partial charge in [0, 0.05) is 19.1 Å². The van der Waals surface area contributed by atoms with Crippen molar-refractivity contribution in [3.63, 3.8) is 0 Å². The predicted octanol–water partition coefficient (Wildman–Crippen LogP) is 2.13. The molecule has 0 radical (unpaired) electrons. The maximum absolute atomic E-state index is 12.1. The van der Waals surface area contributed by atoms with Gasteiger partial charge in [0.25, 0.3) is 0 Å². The van der Waals surface area contributed by atoms with Crippen molar-refractivity contribution in [1.29, 1.82) is 0 Å². The van der Waals surface area contributed by atoms with Crippen LogP contribution in [0.5, 0.6) is 0 Å². The van der Waals surface area contributed by atoms with E-state index in [0.717, 1.165) is 6.54 Å². The van der Waals surface area contributed by atoms with Gasteiger partial charge in [-0.15, -0.1) is 0 Å². The Labute approximate surface area is 132 Å². The number of imide groups is 1. The molecule has 1 fully saturated rings. The molecule has 0 bridgehead atoms. The number of urea groups is 1. The Morgan fingerprint density at radius 1 is 1.27 bits per heavy atom. The minimum Gasteiger partial charge on any atom is -0.338 e. The molecule has 1 unspecified atom stereocenters. The van der Waals surface area contributed by atoms with Gasteiger partial charge < -0.3 is 5.32 Å². The Hall–Kier alpha value is -1.88. The maximum Gasteiger partial charge on any atom is 0.321 e. The number of amides is 3. The van der Waals surface area contributed by atoms with Crippen molar-refractivity contribution in [1.82, 2.24) is 15.5 Å². The van der Waals surface area contributed by atoms with Crippen LogP contribution in [0.15, 0.2) is 30.3 Å². The van der Waals surface area contributed by atoms with Gasteiger partial charge in [-0.25, -0.2) is 4.79 Å². The van der Waals surface area contributed by atoms with Crippen molar-refractivity contribution in [2.75, 3.05) is 13.1 Å². The summed E-state index contributed by atoms with van der Waals surface area (Å²) in [5.74, 6) is 0.412. The molecule has 0 spiro atoms. The number of nitrogens with one attached hydrogen (secondary N) is 2. The monoisotopic (exact) mass is 303 g/mol. The third kappa shape index (κ3) is 5.15. The van der Waals surface area contributed by atoms with Gasteiger partial charge in [0.2, 0.25) is 5.91 Å². The van der Waals surface area contributed by atoms with Gasteiger partial charge in [-0.3, -0.25) is 15.0 Å². The first kappa shape index (κ1) is 16.5. The number of rotatable bonds is 7. The van der Waals surface area contributed by atoms with E-state index < -0.39 is 6.03 Å². The summed E-state index contributed by atoms with van der Waals surface area (Å²) in [4.78, 5) is 25.7. The van der Waals surface area contributed by atoms with Crippen LogP contribution in [0.4, 0.5) is 4.79 Å². The normalized spacial score (nSPS) is 15.4. The lowest BCUT2D eigenvalue weighted by Crippen LogP contribution is -2.46. The summed E-state index contributed by atoms with van der Waals surface area (Å²) < 4.78 is 0. The summed E-state index contributed by atoms with van der Waals surface area (Å²) in [5.41, 5.74) is 1.18. The molecule has 2 N–H and O–H groups in total. The van der Waals surface area contributed by atoms with E-state index in [-0.39, 0.29) is 12.5 Å². The van der Waals surface area contributed by atoms with Crippen LogP contribution < -0.4 is 10.6 Å². The largest absolute Gasteiger partial charge is 0.338 e. The molecule has 0 saturated heterocycles. The summed E-state index contributed by atoms with van der Waals surface area (Å²) in [6.45, 7) is 5.46. The molecule has 5 nitrogen and oxygen atoms in total. The molecular formula is C17H25N3O2. The molecule has 2 rings (SSSR count). The third-order valence-electron chi connectivity index (χ3n) is 4.05. The summed E-state index contributed by atoms with van der Waals surface area (Å²) in [6.07, 6.45) is 2.45. The molecule has 1 aromatic rings. The van der Waals surface area contributed by atoms with E-state index in [0.29, 0.717) is 18.5 Å². The van der Waals surface area contributed by atoms with E-state index in [2.05, 4.69) is 34.6 Å². The quantitative estimate of drug-likeness (QED) is 0.811. The van der Waals surface area contributed by atoms with Gasteiger partial charge >= 0.3 is 6.03 Å². The van der Waals surface area contributed by atoms with E-state index in [4.69, 9.17) is 0 Å². The minimum atomic E-state index is -0.425. The fourth-order valence-corrected chi connectivity index (χ4v) is 2.59. The van der Waals surface area contributed by atoms with Crippen LogP contribution in [0.25, 0.3) is 0 Å². The molecule has 0 heterocycles. The SMILES string of the molecule is CCNC(=O)NC(=O)CN(Cc1ccccc1)C(C)C1CC1. The fraction of sp³-hybridized carbons (Fsp3) is 0.529. The predicted molar refractivity (Wildman–Crippen MR) is 86.3 cm³/mol. The number of carbonyl (C=O) groups is 2. The number of carbonyl (C=O) groups excluding carboxylic acids is 2. The van der Waals surface area contributed by atoms with E-state index in [1.54, 1.807) is 0 Å². The van der Waals surface area contributed by atoms with Crippen molar-refractivity contribution in [2.24, 2.45) is 5.92 Å². The summed E-state index contributed by atoms with van der Waals surface area (Å²) in [5, 5.41) is 4.95. The Kier molecular flexibility index (Phi) is 5.95. The Balaban J connectivity index is 1.95. The zero-order valence-corrected chi connectivity index (χ0v) is 13.3. The second kappa shape index (κ2) is 7.94. The molecule has 1 aromatic carbocycles. The smallest absolute Gasteiger partial charge is 0.321 e. The van der Waals surface area contributed by atoms with Crippen LogP contribution in [0, 0.1) is 5.92 Å². The van der Waals surface area contributed by atoms with E-state index in [9.17, 15) is 9.59 Å². The summed E-state index contributed by atoms with van der Waals surface area (Å²) in [7, 11) is 0. The zero-order valence-electron chi connectivity index (χ0n) is 13.3. The van der Waals surface area contributed by atoms with Crippen LogP contribution >= 0.6 is 0 Å². The van der Waals surface area contributed by atoms with Crippen LogP contribution in [-0.2, 0) is 11.3 Å². The first-order valence-corrected chi connectivity index (χ1v) is 7.95. The molecule has 3 amide bonds. The van der Waals surface area contributed by atoms with Gasteiger partial charge in [-0.05, 0) is 38.2 Å². The minimum absolute atomic E-state index is 0.240. The second-order valence-corrected chi connectivity index (χ2v) is 5.88. The van der Waals surface area contributed by atoms with Crippen molar-refractivity contribution in [3.8, 4) is 0 Å². The highest BCUT2D eigenvalue weighted by molar-refractivity contribution is 5.95. The number of benzene rings is 1. The maximum atomic E-state index is 12.1. The van der Waals surface area contributed by atoms with Gasteiger partial charge in [0.1, 0.15) is 0 Å². The lowest BCUT2D eigenvalue weighted by molar-refractivity contribution is -0.121. The first-order valence-electron chi connectivity index (χ1n) is 7.95. The highest BCUT2D eigenvalue weighted by Gasteiger charge is 2.32. The fourth-order valence-electron chi connectivity index (χ4n) is 2.59. The lowest BCUT2D eigenvalue weighted by atomic mass is 10.1. The van der Waals surface area contributed by atoms with Gasteiger partial charge in [0.15, 0.2) is 0 Å². The summed E-state index contributed by atoms with van der Waals surface area (Å²) >= 11 is 0. The van der Waals surface area contributed by atoms with Crippen LogP contribution in [0.1, 0.15) is 32.3 Å². The average molecular weight is 303 g/mol. The molecule has 120 valence electrons. The molecule has 0 aliphatic heterocycles. The second-order valence-electron chi connectivity index (χ2n) is 5.88. The standard InChI is InChI=1S/C17H25N3O2/c1-3-18-17(22)19-16(21)12-20(13(2)15-9-10-15)11-14-7-5-4-6-8-14/h4-8,13,15H,3,9-12H2,1-2H3,(H2,18,19,21,22). The Morgan fingerprint density at radius 2 is 1.95 bits per heavy atom. The lowest BCUT2D eigenvalue weighted by Gasteiger charge is -2.28. The van der Waals surface area contributed by atoms with E-state index in [1.807, 2.05) is 25.1 Å². The highest BCUT2D eigenvalue weighted by Crippen LogP contribution is 2.35. The van der Waals surface area contributed by atoms with Crippen molar-refractivity contribution >= 4 is 11.9 Å². The number of hydrogen-bond donors (Lipinski definition) is 2. The van der Waals surface area contributed by atoms with Crippen LogP contribution in [0.2, 0.25) is 0 Å². The topological polar surface area (TPSA) is 61.4 Å². The Bertz CT molecular complexity index is 500. The first-order chi connectivity index (χ1) is 10.6. The molecule has 1 saturated carbocycles. The number of nitrogens with zero attached hydrogens (tertiary/aromatic N) is 1. The van der Waals surface area contributed by atoms with E-state index >= 15 is 0 Å². The van der Waals surface area contributed by atoms with Crippen molar-refractivity contribution in [3.05, 3.63) is 35.9 Å². The molecule has 1 aliphatic carbocycles. The molecule has 0 aromatic heterocycles. The average Bonchev–Trinajstić information content (AvgIpc) is 3.31. The highest BCUT2D eigenvalue weighted by atomic mass is 16.2. The zero-order chi connectivity index (χ0) is 15.9. The van der Waals surface area contributed by atoms with Crippen molar-refractivity contribution < 1.29 is 9.59 Å². The molecule has 22 heavy (non-hydrogen) atoms. The van der Waals surface area contributed by atoms with Gasteiger partial charge in [-0.2, -0.15) is 0 Å². The molecule has 1 aliphatic rings. The van der Waals surface area contributed by atoms with Crippen LogP contribution in [0.3, 0.4) is 0 Å². The third-order valence-corrected chi connectivity index (χ3v) is 4.05. The van der Waals surface area contributed by atoms with Gasteiger partial charge in [-0.1, -0.05) is 30.3 Å². The molecule has 5 heteroatoms. The Morgan fingerprint density at radius 3 is 2.55 bits per heavy atom.